The summed E-state index contributed by atoms with van der Waals surface area (Å²) in [5.41, 5.74) is 3.59. The van der Waals surface area contributed by atoms with E-state index >= 15 is 0 Å². The summed E-state index contributed by atoms with van der Waals surface area (Å²) in [6.07, 6.45) is 1.12. The minimum Gasteiger partial charge on any atom is -0.508 e. The molecule has 5 nitrogen and oxygen atoms in total. The van der Waals surface area contributed by atoms with E-state index in [4.69, 9.17) is 5.11 Å². The molecule has 5 heteroatoms. The van der Waals surface area contributed by atoms with Crippen LogP contribution in [0.4, 0.5) is 0 Å². The predicted octanol–water partition coefficient (Wildman–Crippen LogP) is 2.41. The second kappa shape index (κ2) is 6.35. The smallest absolute Gasteiger partial charge is 0.303 e. The third-order valence-electron chi connectivity index (χ3n) is 3.35. The number of aromatic hydroxyl groups is 1. The highest BCUT2D eigenvalue weighted by Crippen LogP contribution is 2.16. The van der Waals surface area contributed by atoms with Crippen molar-refractivity contribution in [3.63, 3.8) is 0 Å². The lowest BCUT2D eigenvalue weighted by atomic mass is 10.1. The van der Waals surface area contributed by atoms with Crippen molar-refractivity contribution in [3.05, 3.63) is 52.6 Å². The lowest BCUT2D eigenvalue weighted by Crippen LogP contribution is -2.08. The van der Waals surface area contributed by atoms with Crippen LogP contribution in [0.25, 0.3) is 0 Å². The molecule has 0 atom stereocenters. The van der Waals surface area contributed by atoms with Gasteiger partial charge in [0.25, 0.3) is 0 Å². The zero-order valence-corrected chi connectivity index (χ0v) is 12.1. The van der Waals surface area contributed by atoms with Gasteiger partial charge in [0.15, 0.2) is 0 Å². The SMILES string of the molecule is Cc1nc(Cc2ccc(O)cc2)nc(C)c1CCC(=O)O. The van der Waals surface area contributed by atoms with Gasteiger partial charge >= 0.3 is 5.97 Å². The number of carboxylic acid groups (broad SMARTS) is 1. The molecule has 0 fully saturated rings. The molecule has 0 radical (unpaired) electrons. The number of carboxylic acids is 1. The molecule has 0 aliphatic heterocycles. The fourth-order valence-corrected chi connectivity index (χ4v) is 2.28. The Morgan fingerprint density at radius 2 is 1.67 bits per heavy atom. The van der Waals surface area contributed by atoms with E-state index in [1.165, 1.54) is 0 Å². The number of benzene rings is 1. The predicted molar refractivity (Wildman–Crippen MR) is 78.4 cm³/mol. The van der Waals surface area contributed by atoms with Crippen LogP contribution in [0.3, 0.4) is 0 Å². The van der Waals surface area contributed by atoms with Gasteiger partial charge in [0.05, 0.1) is 0 Å². The van der Waals surface area contributed by atoms with E-state index in [-0.39, 0.29) is 12.2 Å². The van der Waals surface area contributed by atoms with Crippen molar-refractivity contribution in [3.8, 4) is 5.75 Å². The minimum absolute atomic E-state index is 0.0857. The third kappa shape index (κ3) is 4.02. The summed E-state index contributed by atoms with van der Waals surface area (Å²) in [4.78, 5) is 19.6. The summed E-state index contributed by atoms with van der Waals surface area (Å²) in [5.74, 6) is 0.118. The quantitative estimate of drug-likeness (QED) is 0.881. The number of hydrogen-bond acceptors (Lipinski definition) is 4. The summed E-state index contributed by atoms with van der Waals surface area (Å²) in [7, 11) is 0. The first-order valence-corrected chi connectivity index (χ1v) is 6.78. The van der Waals surface area contributed by atoms with Gasteiger partial charge in [-0.15, -0.1) is 0 Å². The Kier molecular flexibility index (Phi) is 4.52. The van der Waals surface area contributed by atoms with Gasteiger partial charge in [0, 0.05) is 24.2 Å². The van der Waals surface area contributed by atoms with Gasteiger partial charge in [-0.25, -0.2) is 9.97 Å². The number of rotatable bonds is 5. The van der Waals surface area contributed by atoms with E-state index in [0.717, 1.165) is 22.5 Å². The molecule has 1 heterocycles. The van der Waals surface area contributed by atoms with Crippen LogP contribution in [-0.2, 0) is 17.6 Å². The van der Waals surface area contributed by atoms with E-state index in [2.05, 4.69) is 9.97 Å². The third-order valence-corrected chi connectivity index (χ3v) is 3.35. The van der Waals surface area contributed by atoms with Crippen molar-refractivity contribution < 1.29 is 15.0 Å². The van der Waals surface area contributed by atoms with Gasteiger partial charge in [0.2, 0.25) is 0 Å². The van der Waals surface area contributed by atoms with Crippen LogP contribution < -0.4 is 0 Å². The molecule has 2 rings (SSSR count). The first kappa shape index (κ1) is 15.0. The summed E-state index contributed by atoms with van der Waals surface area (Å²) >= 11 is 0. The summed E-state index contributed by atoms with van der Waals surface area (Å²) in [6, 6.07) is 6.94. The molecule has 2 N–H and O–H groups in total. The Labute approximate surface area is 123 Å². The standard InChI is InChI=1S/C16H18N2O3/c1-10-14(7-8-16(20)21)11(2)18-15(17-10)9-12-3-5-13(19)6-4-12/h3-6,19H,7-9H2,1-2H3,(H,20,21). The van der Waals surface area contributed by atoms with Gasteiger partial charge in [0.1, 0.15) is 11.6 Å². The van der Waals surface area contributed by atoms with E-state index in [9.17, 15) is 9.90 Å². The number of hydrogen-bond donors (Lipinski definition) is 2. The molecule has 0 saturated carbocycles. The van der Waals surface area contributed by atoms with Crippen molar-refractivity contribution in [2.24, 2.45) is 0 Å². The average molecular weight is 286 g/mol. The molecule has 0 spiro atoms. The fourth-order valence-electron chi connectivity index (χ4n) is 2.28. The van der Waals surface area contributed by atoms with Crippen molar-refractivity contribution in [2.45, 2.75) is 33.1 Å². The Balaban J connectivity index is 2.18. The van der Waals surface area contributed by atoms with Crippen LogP contribution in [0.1, 0.15) is 34.8 Å². The number of phenols is 1. The molecule has 1 aromatic heterocycles. The Morgan fingerprint density at radius 3 is 2.19 bits per heavy atom. The van der Waals surface area contributed by atoms with E-state index in [1.807, 2.05) is 26.0 Å². The van der Waals surface area contributed by atoms with Gasteiger partial charge < -0.3 is 10.2 Å². The Morgan fingerprint density at radius 1 is 1.10 bits per heavy atom. The van der Waals surface area contributed by atoms with Crippen LogP contribution in [0.15, 0.2) is 24.3 Å². The first-order valence-electron chi connectivity index (χ1n) is 6.78. The minimum atomic E-state index is -0.818. The normalized spacial score (nSPS) is 10.6. The zero-order chi connectivity index (χ0) is 15.4. The number of aliphatic carboxylic acids is 1. The highest BCUT2D eigenvalue weighted by molar-refractivity contribution is 5.67. The number of aromatic nitrogens is 2. The molecule has 1 aromatic carbocycles. The van der Waals surface area contributed by atoms with Gasteiger partial charge in [-0.3, -0.25) is 4.79 Å². The molecular formula is C16H18N2O3. The van der Waals surface area contributed by atoms with Crippen LogP contribution in [0.2, 0.25) is 0 Å². The largest absolute Gasteiger partial charge is 0.508 e. The molecule has 2 aromatic rings. The maximum Gasteiger partial charge on any atom is 0.303 e. The summed E-state index contributed by atoms with van der Waals surface area (Å²) in [5, 5.41) is 18.0. The molecule has 21 heavy (non-hydrogen) atoms. The molecular weight excluding hydrogens is 268 g/mol. The first-order chi connectivity index (χ1) is 9.95. The number of phenolic OH excluding ortho intramolecular Hbond substituents is 1. The van der Waals surface area contributed by atoms with Crippen molar-refractivity contribution in [1.29, 1.82) is 0 Å². The second-order valence-electron chi connectivity index (χ2n) is 5.03. The van der Waals surface area contributed by atoms with Crippen LogP contribution >= 0.6 is 0 Å². The van der Waals surface area contributed by atoms with Crippen molar-refractivity contribution >= 4 is 5.97 Å². The number of nitrogens with zero attached hydrogens (tertiary/aromatic N) is 2. The molecule has 0 amide bonds. The maximum atomic E-state index is 10.7. The number of carbonyl (C=O) groups is 1. The Bertz CT molecular complexity index is 628. The van der Waals surface area contributed by atoms with Crippen LogP contribution in [-0.4, -0.2) is 26.2 Å². The number of aryl methyl sites for hydroxylation is 2. The molecule has 0 bridgehead atoms. The summed E-state index contributed by atoms with van der Waals surface area (Å²) < 4.78 is 0. The highest BCUT2D eigenvalue weighted by Gasteiger charge is 2.10. The van der Waals surface area contributed by atoms with E-state index in [0.29, 0.717) is 18.7 Å². The molecule has 0 aliphatic rings. The topological polar surface area (TPSA) is 83.3 Å². The molecule has 110 valence electrons. The summed E-state index contributed by atoms with van der Waals surface area (Å²) in [6.45, 7) is 3.76. The van der Waals surface area contributed by atoms with E-state index < -0.39 is 5.97 Å². The van der Waals surface area contributed by atoms with Gasteiger partial charge in [-0.2, -0.15) is 0 Å². The Hall–Kier alpha value is -2.43. The van der Waals surface area contributed by atoms with Crippen molar-refractivity contribution in [1.82, 2.24) is 9.97 Å². The zero-order valence-electron chi connectivity index (χ0n) is 12.1. The van der Waals surface area contributed by atoms with Gasteiger partial charge in [-0.05, 0) is 43.5 Å². The van der Waals surface area contributed by atoms with Crippen LogP contribution in [0.5, 0.6) is 5.75 Å². The van der Waals surface area contributed by atoms with Crippen molar-refractivity contribution in [2.75, 3.05) is 0 Å². The molecule has 0 aliphatic carbocycles. The lowest BCUT2D eigenvalue weighted by molar-refractivity contribution is -0.136. The molecule has 0 saturated heterocycles. The monoisotopic (exact) mass is 286 g/mol. The van der Waals surface area contributed by atoms with Crippen LogP contribution in [0, 0.1) is 13.8 Å². The maximum absolute atomic E-state index is 10.7. The second-order valence-corrected chi connectivity index (χ2v) is 5.03. The fraction of sp³-hybridized carbons (Fsp3) is 0.312. The average Bonchev–Trinajstić information content (AvgIpc) is 2.40. The lowest BCUT2D eigenvalue weighted by Gasteiger charge is -2.10. The van der Waals surface area contributed by atoms with Gasteiger partial charge in [-0.1, -0.05) is 12.1 Å². The highest BCUT2D eigenvalue weighted by atomic mass is 16.4. The molecule has 0 unspecified atom stereocenters. The van der Waals surface area contributed by atoms with E-state index in [1.54, 1.807) is 12.1 Å².